The summed E-state index contributed by atoms with van der Waals surface area (Å²) in [6.45, 7) is 7.21. The zero-order valence-corrected chi connectivity index (χ0v) is 11.4. The Bertz CT molecular complexity index is 352. The van der Waals surface area contributed by atoms with Gasteiger partial charge in [-0.05, 0) is 25.8 Å². The normalized spacial score (nSPS) is 12.2. The van der Waals surface area contributed by atoms with E-state index in [9.17, 15) is 0 Å². The van der Waals surface area contributed by atoms with Gasteiger partial charge in [-0.1, -0.05) is 13.8 Å². The van der Waals surface area contributed by atoms with E-state index in [1.54, 1.807) is 0 Å². The van der Waals surface area contributed by atoms with E-state index in [0.717, 1.165) is 36.6 Å². The molecule has 96 valence electrons. The highest BCUT2D eigenvalue weighted by atomic mass is 16.5. The van der Waals surface area contributed by atoms with Crippen molar-refractivity contribution in [1.29, 1.82) is 0 Å². The summed E-state index contributed by atoms with van der Waals surface area (Å²) in [7, 11) is 2.09. The average Bonchev–Trinajstić information content (AvgIpc) is 2.33. The van der Waals surface area contributed by atoms with Crippen molar-refractivity contribution < 1.29 is 4.74 Å². The molecule has 2 N–H and O–H groups in total. The number of nitrogen functional groups attached to an aromatic ring is 1. The Kier molecular flexibility index (Phi) is 5.13. The minimum atomic E-state index is 0.496. The van der Waals surface area contributed by atoms with Gasteiger partial charge in [-0.2, -0.15) is 0 Å². The Balaban J connectivity index is 2.88. The van der Waals surface area contributed by atoms with Crippen molar-refractivity contribution >= 4 is 11.4 Å². The van der Waals surface area contributed by atoms with Crippen LogP contribution in [0.2, 0.25) is 0 Å². The molecule has 3 heteroatoms. The number of nitrogens with two attached hydrogens (primary N) is 1. The van der Waals surface area contributed by atoms with E-state index in [-0.39, 0.29) is 0 Å². The van der Waals surface area contributed by atoms with Gasteiger partial charge in [0.2, 0.25) is 0 Å². The Morgan fingerprint density at radius 3 is 2.59 bits per heavy atom. The van der Waals surface area contributed by atoms with E-state index in [4.69, 9.17) is 10.5 Å². The molecule has 0 aliphatic rings. The third kappa shape index (κ3) is 3.84. The van der Waals surface area contributed by atoms with Gasteiger partial charge in [0.15, 0.2) is 0 Å². The molecule has 0 amide bonds. The molecule has 0 heterocycles. The van der Waals surface area contributed by atoms with E-state index in [0.29, 0.717) is 6.04 Å². The van der Waals surface area contributed by atoms with Crippen LogP contribution in [-0.2, 0) is 0 Å². The van der Waals surface area contributed by atoms with Crippen LogP contribution in [0.3, 0.4) is 0 Å². The summed E-state index contributed by atoms with van der Waals surface area (Å²) < 4.78 is 5.63. The Morgan fingerprint density at radius 2 is 2.00 bits per heavy atom. The number of benzene rings is 1. The Morgan fingerprint density at radius 1 is 1.29 bits per heavy atom. The summed E-state index contributed by atoms with van der Waals surface area (Å²) >= 11 is 0. The second-order valence-corrected chi connectivity index (χ2v) is 4.48. The molecule has 1 rings (SSSR count). The van der Waals surface area contributed by atoms with Crippen LogP contribution in [0.1, 0.15) is 33.6 Å². The highest BCUT2D eigenvalue weighted by Gasteiger charge is 2.09. The Labute approximate surface area is 105 Å². The molecule has 0 spiro atoms. The van der Waals surface area contributed by atoms with Crippen molar-refractivity contribution in [2.45, 2.75) is 39.7 Å². The molecular weight excluding hydrogens is 212 g/mol. The van der Waals surface area contributed by atoms with Crippen molar-refractivity contribution in [1.82, 2.24) is 0 Å². The third-order valence-corrected chi connectivity index (χ3v) is 3.05. The van der Waals surface area contributed by atoms with E-state index < -0.39 is 0 Å². The molecule has 0 bridgehead atoms. The molecule has 0 aliphatic carbocycles. The lowest BCUT2D eigenvalue weighted by Crippen LogP contribution is -2.28. The summed E-state index contributed by atoms with van der Waals surface area (Å²) in [5, 5.41) is 0. The van der Waals surface area contributed by atoms with E-state index in [1.165, 1.54) is 0 Å². The van der Waals surface area contributed by atoms with Crippen molar-refractivity contribution in [3.8, 4) is 5.75 Å². The lowest BCUT2D eigenvalue weighted by Gasteiger charge is -2.26. The molecule has 17 heavy (non-hydrogen) atoms. The average molecular weight is 236 g/mol. The fourth-order valence-electron chi connectivity index (χ4n) is 1.64. The van der Waals surface area contributed by atoms with Gasteiger partial charge in [0.1, 0.15) is 5.75 Å². The summed E-state index contributed by atoms with van der Waals surface area (Å²) in [4.78, 5) is 2.23. The first kappa shape index (κ1) is 13.7. The van der Waals surface area contributed by atoms with Gasteiger partial charge >= 0.3 is 0 Å². The molecule has 3 nitrogen and oxygen atoms in total. The minimum Gasteiger partial charge on any atom is -0.493 e. The lowest BCUT2D eigenvalue weighted by atomic mass is 10.2. The first-order chi connectivity index (χ1) is 8.08. The van der Waals surface area contributed by atoms with Crippen molar-refractivity contribution in [2.75, 3.05) is 24.3 Å². The van der Waals surface area contributed by atoms with Crippen LogP contribution in [0.4, 0.5) is 11.4 Å². The molecule has 0 saturated heterocycles. The predicted molar refractivity (Wildman–Crippen MR) is 74.8 cm³/mol. The molecule has 0 fully saturated rings. The maximum atomic E-state index is 5.90. The summed E-state index contributed by atoms with van der Waals surface area (Å²) in [6, 6.07) is 6.42. The standard InChI is InChI=1S/C14H24N2O/c1-5-7-17-14-9-12(15)8-13(10-14)16(4)11(3)6-2/h8-11H,5-7,15H2,1-4H3. The van der Waals surface area contributed by atoms with Crippen LogP contribution in [0.5, 0.6) is 5.75 Å². The second-order valence-electron chi connectivity index (χ2n) is 4.48. The van der Waals surface area contributed by atoms with Crippen LogP contribution in [0.15, 0.2) is 18.2 Å². The van der Waals surface area contributed by atoms with Crippen LogP contribution in [0.25, 0.3) is 0 Å². The predicted octanol–water partition coefficient (Wildman–Crippen LogP) is 3.29. The van der Waals surface area contributed by atoms with Crippen molar-refractivity contribution in [2.24, 2.45) is 0 Å². The van der Waals surface area contributed by atoms with Crippen LogP contribution < -0.4 is 15.4 Å². The third-order valence-electron chi connectivity index (χ3n) is 3.05. The van der Waals surface area contributed by atoms with E-state index in [2.05, 4.69) is 38.8 Å². The van der Waals surface area contributed by atoms with Crippen LogP contribution >= 0.6 is 0 Å². The molecule has 0 aliphatic heterocycles. The molecule has 0 saturated carbocycles. The SMILES string of the molecule is CCCOc1cc(N)cc(N(C)C(C)CC)c1. The van der Waals surface area contributed by atoms with Crippen molar-refractivity contribution in [3.63, 3.8) is 0 Å². The Hall–Kier alpha value is -1.38. The minimum absolute atomic E-state index is 0.496. The molecule has 1 unspecified atom stereocenters. The van der Waals surface area contributed by atoms with Gasteiger partial charge in [0.05, 0.1) is 6.61 Å². The first-order valence-electron chi connectivity index (χ1n) is 6.34. The fourth-order valence-corrected chi connectivity index (χ4v) is 1.64. The maximum Gasteiger partial charge on any atom is 0.123 e. The van der Waals surface area contributed by atoms with Crippen LogP contribution in [0, 0.1) is 0 Å². The smallest absolute Gasteiger partial charge is 0.123 e. The van der Waals surface area contributed by atoms with Gasteiger partial charge < -0.3 is 15.4 Å². The summed E-state index contributed by atoms with van der Waals surface area (Å²) in [6.07, 6.45) is 2.11. The van der Waals surface area contributed by atoms with Gasteiger partial charge in [0.25, 0.3) is 0 Å². The quantitative estimate of drug-likeness (QED) is 0.770. The summed E-state index contributed by atoms with van der Waals surface area (Å²) in [5.41, 5.74) is 7.77. The molecule has 1 atom stereocenters. The summed E-state index contributed by atoms with van der Waals surface area (Å²) in [5.74, 6) is 0.858. The molecule has 0 radical (unpaired) electrons. The molecular formula is C14H24N2O. The molecule has 1 aromatic carbocycles. The van der Waals surface area contributed by atoms with Crippen molar-refractivity contribution in [3.05, 3.63) is 18.2 Å². The van der Waals surface area contributed by atoms with Gasteiger partial charge in [-0.15, -0.1) is 0 Å². The molecule has 1 aromatic rings. The fraction of sp³-hybridized carbons (Fsp3) is 0.571. The number of ether oxygens (including phenoxy) is 1. The second kappa shape index (κ2) is 6.38. The van der Waals surface area contributed by atoms with Gasteiger partial charge in [-0.25, -0.2) is 0 Å². The number of rotatable bonds is 6. The number of hydrogen-bond donors (Lipinski definition) is 1. The number of hydrogen-bond acceptors (Lipinski definition) is 3. The highest BCUT2D eigenvalue weighted by Crippen LogP contribution is 2.26. The largest absolute Gasteiger partial charge is 0.493 e. The number of anilines is 2. The zero-order valence-electron chi connectivity index (χ0n) is 11.4. The van der Waals surface area contributed by atoms with E-state index >= 15 is 0 Å². The van der Waals surface area contributed by atoms with Crippen LogP contribution in [-0.4, -0.2) is 19.7 Å². The monoisotopic (exact) mass is 236 g/mol. The maximum absolute atomic E-state index is 5.90. The number of nitrogens with zero attached hydrogens (tertiary/aromatic N) is 1. The van der Waals surface area contributed by atoms with E-state index in [1.807, 2.05) is 12.1 Å². The molecule has 0 aromatic heterocycles. The lowest BCUT2D eigenvalue weighted by molar-refractivity contribution is 0.317. The van der Waals surface area contributed by atoms with Gasteiger partial charge in [0, 0.05) is 36.6 Å². The topological polar surface area (TPSA) is 38.5 Å². The van der Waals surface area contributed by atoms with Gasteiger partial charge in [-0.3, -0.25) is 0 Å². The zero-order chi connectivity index (χ0) is 12.8. The first-order valence-corrected chi connectivity index (χ1v) is 6.34. The highest BCUT2D eigenvalue weighted by molar-refractivity contribution is 5.60.